The second kappa shape index (κ2) is 4.26. The molecule has 0 aromatic carbocycles. The van der Waals surface area contributed by atoms with Crippen LogP contribution in [0.15, 0.2) is 58.7 Å². The van der Waals surface area contributed by atoms with Gasteiger partial charge in [0.1, 0.15) is 0 Å². The molecule has 0 saturated heterocycles. The molecular formula is C15H18O. The van der Waals surface area contributed by atoms with Crippen molar-refractivity contribution in [1.82, 2.24) is 0 Å². The lowest BCUT2D eigenvalue weighted by Gasteiger charge is -2.11. The van der Waals surface area contributed by atoms with Crippen molar-refractivity contribution < 1.29 is 5.11 Å². The average Bonchev–Trinajstić information content (AvgIpc) is 2.58. The lowest BCUT2D eigenvalue weighted by Crippen LogP contribution is -1.99. The second-order valence-electron chi connectivity index (χ2n) is 4.59. The van der Waals surface area contributed by atoms with Crippen molar-refractivity contribution >= 4 is 0 Å². The molecule has 0 fully saturated rings. The van der Waals surface area contributed by atoms with E-state index in [0.717, 1.165) is 12.0 Å². The van der Waals surface area contributed by atoms with E-state index in [1.165, 1.54) is 22.3 Å². The van der Waals surface area contributed by atoms with E-state index < -0.39 is 0 Å². The fourth-order valence-corrected chi connectivity index (χ4v) is 2.24. The number of aliphatic hydroxyl groups excluding tert-OH is 1. The first kappa shape index (κ1) is 11.2. The first-order valence-electron chi connectivity index (χ1n) is 5.70. The molecular weight excluding hydrogens is 196 g/mol. The van der Waals surface area contributed by atoms with Crippen molar-refractivity contribution in [3.8, 4) is 0 Å². The molecule has 1 nitrogen and oxygen atoms in total. The minimum atomic E-state index is 0.113. The van der Waals surface area contributed by atoms with Crippen molar-refractivity contribution in [2.75, 3.05) is 6.61 Å². The lowest BCUT2D eigenvalue weighted by atomic mass is 9.94. The van der Waals surface area contributed by atoms with Crippen LogP contribution in [0.25, 0.3) is 0 Å². The molecule has 0 radical (unpaired) electrons. The predicted octanol–water partition coefficient (Wildman–Crippen LogP) is 3.31. The second-order valence-corrected chi connectivity index (χ2v) is 4.59. The van der Waals surface area contributed by atoms with Crippen LogP contribution in [0.5, 0.6) is 0 Å². The molecule has 0 aromatic heterocycles. The Morgan fingerprint density at radius 1 is 1.44 bits per heavy atom. The summed E-state index contributed by atoms with van der Waals surface area (Å²) in [6, 6.07) is 0. The van der Waals surface area contributed by atoms with E-state index >= 15 is 0 Å². The zero-order valence-electron chi connectivity index (χ0n) is 9.96. The van der Waals surface area contributed by atoms with Crippen LogP contribution < -0.4 is 0 Å². The summed E-state index contributed by atoms with van der Waals surface area (Å²) in [6.07, 6.45) is 9.64. The van der Waals surface area contributed by atoms with E-state index in [1.807, 2.05) is 6.08 Å². The summed E-state index contributed by atoms with van der Waals surface area (Å²) in [5.41, 5.74) is 5.96. The SMILES string of the molecule is C=C(C)[C@@H]1C=C2C(CO)=CC=C2C(C)=CC1. The van der Waals surface area contributed by atoms with Gasteiger partial charge in [0, 0.05) is 5.92 Å². The van der Waals surface area contributed by atoms with Gasteiger partial charge in [0.2, 0.25) is 0 Å². The number of aliphatic hydroxyl groups is 1. The fourth-order valence-electron chi connectivity index (χ4n) is 2.24. The van der Waals surface area contributed by atoms with Crippen molar-refractivity contribution in [2.45, 2.75) is 20.3 Å². The van der Waals surface area contributed by atoms with Gasteiger partial charge in [0.15, 0.2) is 0 Å². The molecule has 0 aromatic rings. The highest BCUT2D eigenvalue weighted by atomic mass is 16.3. The summed E-state index contributed by atoms with van der Waals surface area (Å²) in [5.74, 6) is 0.392. The molecule has 2 rings (SSSR count). The Morgan fingerprint density at radius 3 is 2.81 bits per heavy atom. The topological polar surface area (TPSA) is 20.2 Å². The zero-order chi connectivity index (χ0) is 11.7. The van der Waals surface area contributed by atoms with Crippen LogP contribution in [0, 0.1) is 5.92 Å². The first-order chi connectivity index (χ1) is 7.63. The van der Waals surface area contributed by atoms with Gasteiger partial charge in [-0.3, -0.25) is 0 Å². The summed E-state index contributed by atoms with van der Waals surface area (Å²) >= 11 is 0. The molecule has 2 aliphatic carbocycles. The van der Waals surface area contributed by atoms with E-state index in [-0.39, 0.29) is 6.61 Å². The molecule has 0 spiro atoms. The lowest BCUT2D eigenvalue weighted by molar-refractivity contribution is 0.334. The van der Waals surface area contributed by atoms with Crippen molar-refractivity contribution in [3.05, 3.63) is 58.7 Å². The van der Waals surface area contributed by atoms with Crippen LogP contribution in [0.4, 0.5) is 0 Å². The van der Waals surface area contributed by atoms with Crippen LogP contribution in [0.2, 0.25) is 0 Å². The Kier molecular flexibility index (Phi) is 2.97. The number of fused-ring (bicyclic) bond motifs is 1. The molecule has 1 heteroatoms. The van der Waals surface area contributed by atoms with Gasteiger partial charge in [-0.05, 0) is 42.6 Å². The predicted molar refractivity (Wildman–Crippen MR) is 68.0 cm³/mol. The van der Waals surface area contributed by atoms with E-state index in [4.69, 9.17) is 0 Å². The number of rotatable bonds is 2. The van der Waals surface area contributed by atoms with Crippen LogP contribution >= 0.6 is 0 Å². The quantitative estimate of drug-likeness (QED) is 0.699. The molecule has 16 heavy (non-hydrogen) atoms. The van der Waals surface area contributed by atoms with E-state index in [9.17, 15) is 5.11 Å². The highest BCUT2D eigenvalue weighted by molar-refractivity contribution is 5.63. The Balaban J connectivity index is 2.43. The van der Waals surface area contributed by atoms with Crippen LogP contribution in [-0.2, 0) is 0 Å². The molecule has 1 atom stereocenters. The minimum Gasteiger partial charge on any atom is -0.392 e. The van der Waals surface area contributed by atoms with E-state index in [1.54, 1.807) is 0 Å². The molecule has 84 valence electrons. The van der Waals surface area contributed by atoms with Crippen molar-refractivity contribution in [1.29, 1.82) is 0 Å². The van der Waals surface area contributed by atoms with Gasteiger partial charge in [0.25, 0.3) is 0 Å². The maximum absolute atomic E-state index is 9.32. The van der Waals surface area contributed by atoms with Crippen LogP contribution in [-0.4, -0.2) is 11.7 Å². The molecule has 0 saturated carbocycles. The highest BCUT2D eigenvalue weighted by Gasteiger charge is 2.21. The normalized spacial score (nSPS) is 23.8. The highest BCUT2D eigenvalue weighted by Crippen LogP contribution is 2.36. The summed E-state index contributed by atoms with van der Waals surface area (Å²) < 4.78 is 0. The zero-order valence-corrected chi connectivity index (χ0v) is 9.96. The van der Waals surface area contributed by atoms with Gasteiger partial charge < -0.3 is 5.11 Å². The fraction of sp³-hybridized carbons (Fsp3) is 0.333. The van der Waals surface area contributed by atoms with Crippen LogP contribution in [0.1, 0.15) is 20.3 Å². The standard InChI is InChI=1S/C15H18O/c1-10(2)12-5-4-11(3)14-7-6-13(9-16)15(14)8-12/h4,6-8,12,16H,1,5,9H2,2-3H3/t12-/m0/s1. The maximum Gasteiger partial charge on any atom is 0.0687 e. The molecule has 2 aliphatic rings. The molecule has 0 aliphatic heterocycles. The Hall–Kier alpha value is -1.34. The van der Waals surface area contributed by atoms with Crippen LogP contribution in [0.3, 0.4) is 0 Å². The molecule has 0 amide bonds. The van der Waals surface area contributed by atoms with Gasteiger partial charge in [-0.1, -0.05) is 36.5 Å². The first-order valence-corrected chi connectivity index (χ1v) is 5.70. The maximum atomic E-state index is 9.32. The largest absolute Gasteiger partial charge is 0.392 e. The molecule has 0 bridgehead atoms. The van der Waals surface area contributed by atoms with Gasteiger partial charge >= 0.3 is 0 Å². The van der Waals surface area contributed by atoms with E-state index in [0.29, 0.717) is 5.92 Å². The van der Waals surface area contributed by atoms with E-state index in [2.05, 4.69) is 38.7 Å². The third kappa shape index (κ3) is 1.83. The Morgan fingerprint density at radius 2 is 2.19 bits per heavy atom. The molecule has 0 unspecified atom stereocenters. The van der Waals surface area contributed by atoms with Crippen molar-refractivity contribution in [3.63, 3.8) is 0 Å². The number of allylic oxidation sites excluding steroid dienone is 7. The molecule has 1 N–H and O–H groups in total. The Bertz CT molecular complexity index is 444. The minimum absolute atomic E-state index is 0.113. The number of hydrogen-bond acceptors (Lipinski definition) is 1. The average molecular weight is 214 g/mol. The van der Waals surface area contributed by atoms with Gasteiger partial charge in [0.05, 0.1) is 6.61 Å². The monoisotopic (exact) mass is 214 g/mol. The number of hydrogen-bond donors (Lipinski definition) is 1. The van der Waals surface area contributed by atoms with Crippen molar-refractivity contribution in [2.24, 2.45) is 5.92 Å². The third-order valence-electron chi connectivity index (χ3n) is 3.36. The van der Waals surface area contributed by atoms with Gasteiger partial charge in [-0.15, -0.1) is 0 Å². The summed E-state index contributed by atoms with van der Waals surface area (Å²) in [4.78, 5) is 0. The smallest absolute Gasteiger partial charge is 0.0687 e. The third-order valence-corrected chi connectivity index (χ3v) is 3.36. The summed E-state index contributed by atoms with van der Waals surface area (Å²) in [6.45, 7) is 8.35. The van der Waals surface area contributed by atoms with Gasteiger partial charge in [-0.2, -0.15) is 0 Å². The Labute approximate surface area is 97.2 Å². The summed E-state index contributed by atoms with van der Waals surface area (Å²) in [7, 11) is 0. The van der Waals surface area contributed by atoms with Gasteiger partial charge in [-0.25, -0.2) is 0 Å². The molecule has 0 heterocycles. The summed E-state index contributed by atoms with van der Waals surface area (Å²) in [5, 5.41) is 9.32.